The van der Waals surface area contributed by atoms with E-state index in [1.54, 1.807) is 0 Å². The number of rotatable bonds is 6. The van der Waals surface area contributed by atoms with Crippen molar-refractivity contribution >= 4 is 5.97 Å². The molecule has 0 radical (unpaired) electrons. The van der Waals surface area contributed by atoms with E-state index in [0.29, 0.717) is 12.0 Å². The first kappa shape index (κ1) is 12.5. The van der Waals surface area contributed by atoms with Crippen molar-refractivity contribution in [1.29, 1.82) is 0 Å². The minimum absolute atomic E-state index is 0.281. The lowest BCUT2D eigenvalue weighted by Crippen LogP contribution is -2.37. The van der Waals surface area contributed by atoms with Gasteiger partial charge in [0.2, 0.25) is 0 Å². The first-order chi connectivity index (χ1) is 7.09. The molecule has 0 bridgehead atoms. The van der Waals surface area contributed by atoms with Crippen LogP contribution in [0.4, 0.5) is 0 Å². The van der Waals surface area contributed by atoms with Crippen LogP contribution >= 0.6 is 0 Å². The number of carboxylic acids is 1. The highest BCUT2D eigenvalue weighted by Crippen LogP contribution is 2.24. The topological polar surface area (TPSA) is 40.5 Å². The molecule has 1 fully saturated rings. The van der Waals surface area contributed by atoms with Gasteiger partial charge in [0.1, 0.15) is 0 Å². The standard InChI is InChI=1S/C12H23NO2/c1-10(2)9-13(8-7-12(14)15)11-5-3-4-6-11/h10-11H,3-9H2,1-2H3,(H,14,15). The van der Waals surface area contributed by atoms with E-state index >= 15 is 0 Å². The van der Waals surface area contributed by atoms with Gasteiger partial charge in [-0.05, 0) is 18.8 Å². The minimum atomic E-state index is -0.679. The maximum Gasteiger partial charge on any atom is 0.304 e. The van der Waals surface area contributed by atoms with Crippen LogP contribution in [0.3, 0.4) is 0 Å². The van der Waals surface area contributed by atoms with Crippen LogP contribution in [0.1, 0.15) is 46.0 Å². The van der Waals surface area contributed by atoms with Crippen LogP contribution in [-0.4, -0.2) is 35.1 Å². The molecule has 3 nitrogen and oxygen atoms in total. The van der Waals surface area contributed by atoms with Crippen molar-refractivity contribution in [3.8, 4) is 0 Å². The molecule has 0 aromatic carbocycles. The molecule has 1 aliphatic rings. The molecule has 0 amide bonds. The number of nitrogens with zero attached hydrogens (tertiary/aromatic N) is 1. The Morgan fingerprint density at radius 2 is 2.00 bits per heavy atom. The van der Waals surface area contributed by atoms with Crippen molar-refractivity contribution in [2.45, 2.75) is 52.0 Å². The third-order valence-corrected chi connectivity index (χ3v) is 3.05. The molecule has 0 aromatic heterocycles. The summed E-state index contributed by atoms with van der Waals surface area (Å²) < 4.78 is 0. The van der Waals surface area contributed by atoms with Crippen molar-refractivity contribution in [3.63, 3.8) is 0 Å². The van der Waals surface area contributed by atoms with E-state index in [0.717, 1.165) is 13.1 Å². The number of hydrogen-bond donors (Lipinski definition) is 1. The Kier molecular flexibility index (Phi) is 5.09. The summed E-state index contributed by atoms with van der Waals surface area (Å²) in [5.41, 5.74) is 0. The van der Waals surface area contributed by atoms with Crippen molar-refractivity contribution in [3.05, 3.63) is 0 Å². The number of aliphatic carboxylic acids is 1. The smallest absolute Gasteiger partial charge is 0.304 e. The summed E-state index contributed by atoms with van der Waals surface area (Å²) in [6.07, 6.45) is 5.42. The molecule has 0 saturated heterocycles. The molecule has 0 aromatic rings. The van der Waals surface area contributed by atoms with Crippen molar-refractivity contribution in [2.24, 2.45) is 5.92 Å². The average molecular weight is 213 g/mol. The summed E-state index contributed by atoms with van der Waals surface area (Å²) in [4.78, 5) is 13.0. The van der Waals surface area contributed by atoms with E-state index in [2.05, 4.69) is 18.7 Å². The van der Waals surface area contributed by atoms with E-state index in [1.165, 1.54) is 25.7 Å². The summed E-state index contributed by atoms with van der Waals surface area (Å²) in [6.45, 7) is 6.15. The predicted octanol–water partition coefficient (Wildman–Crippen LogP) is 2.36. The molecule has 3 heteroatoms. The molecule has 1 aliphatic carbocycles. The fourth-order valence-corrected chi connectivity index (χ4v) is 2.40. The monoisotopic (exact) mass is 213 g/mol. The van der Waals surface area contributed by atoms with Crippen molar-refractivity contribution in [2.75, 3.05) is 13.1 Å². The molecule has 0 heterocycles. The lowest BCUT2D eigenvalue weighted by Gasteiger charge is -2.29. The second-order valence-electron chi connectivity index (χ2n) is 4.97. The van der Waals surface area contributed by atoms with Gasteiger partial charge < -0.3 is 5.11 Å². The third kappa shape index (κ3) is 4.65. The van der Waals surface area contributed by atoms with Crippen LogP contribution in [0, 0.1) is 5.92 Å². The molecule has 0 spiro atoms. The van der Waals surface area contributed by atoms with Gasteiger partial charge in [-0.15, -0.1) is 0 Å². The highest BCUT2D eigenvalue weighted by molar-refractivity contribution is 5.66. The van der Waals surface area contributed by atoms with Gasteiger partial charge in [-0.25, -0.2) is 0 Å². The van der Waals surface area contributed by atoms with Gasteiger partial charge in [-0.3, -0.25) is 9.69 Å². The van der Waals surface area contributed by atoms with E-state index in [4.69, 9.17) is 5.11 Å². The van der Waals surface area contributed by atoms with Gasteiger partial charge in [0.05, 0.1) is 6.42 Å². The lowest BCUT2D eigenvalue weighted by molar-refractivity contribution is -0.137. The van der Waals surface area contributed by atoms with E-state index in [1.807, 2.05) is 0 Å². The predicted molar refractivity (Wildman–Crippen MR) is 60.9 cm³/mol. The molecule has 15 heavy (non-hydrogen) atoms. The van der Waals surface area contributed by atoms with E-state index in [9.17, 15) is 4.79 Å². The maximum absolute atomic E-state index is 10.6. The quantitative estimate of drug-likeness (QED) is 0.736. The van der Waals surface area contributed by atoms with Gasteiger partial charge in [0, 0.05) is 19.1 Å². The van der Waals surface area contributed by atoms with Crippen LogP contribution in [0.2, 0.25) is 0 Å². The lowest BCUT2D eigenvalue weighted by atomic mass is 10.1. The van der Waals surface area contributed by atoms with Crippen molar-refractivity contribution in [1.82, 2.24) is 4.90 Å². The molecule has 0 aliphatic heterocycles. The van der Waals surface area contributed by atoms with Crippen LogP contribution < -0.4 is 0 Å². The highest BCUT2D eigenvalue weighted by Gasteiger charge is 2.23. The average Bonchev–Trinajstić information content (AvgIpc) is 2.63. The summed E-state index contributed by atoms with van der Waals surface area (Å²) in [7, 11) is 0. The SMILES string of the molecule is CC(C)CN(CCC(=O)O)C1CCCC1. The minimum Gasteiger partial charge on any atom is -0.481 e. The van der Waals surface area contributed by atoms with Gasteiger partial charge in [0.25, 0.3) is 0 Å². The summed E-state index contributed by atoms with van der Waals surface area (Å²) >= 11 is 0. The van der Waals surface area contributed by atoms with E-state index < -0.39 is 5.97 Å². The molecule has 1 saturated carbocycles. The molecule has 88 valence electrons. The van der Waals surface area contributed by atoms with Gasteiger partial charge in [0.15, 0.2) is 0 Å². The number of carbonyl (C=O) groups is 1. The molecular formula is C12H23NO2. The Morgan fingerprint density at radius 1 is 1.40 bits per heavy atom. The summed E-state index contributed by atoms with van der Waals surface area (Å²) in [5, 5.41) is 8.71. The zero-order valence-corrected chi connectivity index (χ0v) is 9.91. The van der Waals surface area contributed by atoms with Crippen molar-refractivity contribution < 1.29 is 9.90 Å². The van der Waals surface area contributed by atoms with Gasteiger partial charge in [-0.1, -0.05) is 26.7 Å². The zero-order valence-electron chi connectivity index (χ0n) is 9.91. The Balaban J connectivity index is 2.40. The third-order valence-electron chi connectivity index (χ3n) is 3.05. The Morgan fingerprint density at radius 3 is 2.47 bits per heavy atom. The maximum atomic E-state index is 10.6. The van der Waals surface area contributed by atoms with Gasteiger partial charge >= 0.3 is 5.97 Å². The van der Waals surface area contributed by atoms with Crippen LogP contribution in [0.25, 0.3) is 0 Å². The van der Waals surface area contributed by atoms with Crippen LogP contribution in [0.15, 0.2) is 0 Å². The molecule has 1 N–H and O–H groups in total. The molecule has 0 unspecified atom stereocenters. The molecule has 0 atom stereocenters. The highest BCUT2D eigenvalue weighted by atomic mass is 16.4. The fraction of sp³-hybridized carbons (Fsp3) is 0.917. The zero-order chi connectivity index (χ0) is 11.3. The molecule has 1 rings (SSSR count). The van der Waals surface area contributed by atoms with Gasteiger partial charge in [-0.2, -0.15) is 0 Å². The summed E-state index contributed by atoms with van der Waals surface area (Å²) in [6, 6.07) is 0.645. The Hall–Kier alpha value is -0.570. The van der Waals surface area contributed by atoms with E-state index in [-0.39, 0.29) is 6.42 Å². The fourth-order valence-electron chi connectivity index (χ4n) is 2.40. The van der Waals surface area contributed by atoms with Crippen LogP contribution in [0.5, 0.6) is 0 Å². The normalized spacial score (nSPS) is 17.9. The van der Waals surface area contributed by atoms with Crippen LogP contribution in [-0.2, 0) is 4.79 Å². The molecular weight excluding hydrogens is 190 g/mol. The Bertz CT molecular complexity index is 198. The number of carboxylic acid groups (broad SMARTS) is 1. The second kappa shape index (κ2) is 6.11. The number of hydrogen-bond acceptors (Lipinski definition) is 2. The second-order valence-corrected chi connectivity index (χ2v) is 4.97. The first-order valence-electron chi connectivity index (χ1n) is 6.05. The largest absolute Gasteiger partial charge is 0.481 e. The summed E-state index contributed by atoms with van der Waals surface area (Å²) in [5.74, 6) is -0.0545. The first-order valence-corrected chi connectivity index (χ1v) is 6.05. The Labute approximate surface area is 92.5 Å².